The van der Waals surface area contributed by atoms with Crippen molar-refractivity contribution in [2.45, 2.75) is 51.9 Å². The van der Waals surface area contributed by atoms with Gasteiger partial charge in [-0.05, 0) is 32.1 Å². The lowest BCUT2D eigenvalue weighted by Gasteiger charge is -2.23. The van der Waals surface area contributed by atoms with Gasteiger partial charge in [0.2, 0.25) is 0 Å². The molecule has 0 amide bonds. The van der Waals surface area contributed by atoms with E-state index in [0.29, 0.717) is 0 Å². The lowest BCUT2D eigenvalue weighted by molar-refractivity contribution is -0.905. The van der Waals surface area contributed by atoms with Crippen LogP contribution in [0.5, 0.6) is 0 Å². The van der Waals surface area contributed by atoms with Crippen LogP contribution in [-0.4, -0.2) is 19.6 Å². The van der Waals surface area contributed by atoms with Crippen LogP contribution in [0.4, 0.5) is 0 Å². The van der Waals surface area contributed by atoms with E-state index in [1.165, 1.54) is 64.6 Å². The summed E-state index contributed by atoms with van der Waals surface area (Å²) in [5, 5.41) is 6.25. The highest BCUT2D eigenvalue weighted by atomic mass is 15.1. The van der Waals surface area contributed by atoms with E-state index in [1.54, 1.807) is 0 Å². The molecule has 0 bridgehead atoms. The summed E-state index contributed by atoms with van der Waals surface area (Å²) in [6, 6.07) is 0. The zero-order chi connectivity index (χ0) is 10.6. The first-order chi connectivity index (χ1) is 6.93. The molecule has 1 aliphatic rings. The van der Waals surface area contributed by atoms with Crippen LogP contribution in [0.15, 0.2) is 0 Å². The van der Waals surface area contributed by atoms with Crippen LogP contribution in [0.2, 0.25) is 0 Å². The average molecular weight is 196 g/mol. The topological polar surface area (TPSA) is 28.2 Å². The Balaban J connectivity index is 0.000000791. The van der Waals surface area contributed by atoms with Gasteiger partial charge in [-0.15, -0.1) is 0 Å². The van der Waals surface area contributed by atoms with Crippen molar-refractivity contribution in [3.8, 4) is 0 Å². The first kappa shape index (κ1) is 13.4. The predicted octanol–water partition coefficient (Wildman–Crippen LogP) is 1.73. The Hall–Kier alpha value is -0.550. The van der Waals surface area contributed by atoms with E-state index in [9.17, 15) is 0 Å². The zero-order valence-corrected chi connectivity index (χ0v) is 9.52. The van der Waals surface area contributed by atoms with Crippen LogP contribution in [0, 0.1) is 11.8 Å². The van der Waals surface area contributed by atoms with Crippen molar-refractivity contribution in [3.05, 3.63) is 6.57 Å². The number of hydrogen-bond acceptors (Lipinski definition) is 1. The van der Waals surface area contributed by atoms with Gasteiger partial charge in [-0.2, -0.15) is 0 Å². The van der Waals surface area contributed by atoms with Crippen molar-refractivity contribution in [3.63, 3.8) is 0 Å². The van der Waals surface area contributed by atoms with Crippen molar-refractivity contribution >= 4 is 0 Å². The molecular formula is C12H24N2. The Morgan fingerprint density at radius 1 is 1.00 bits per heavy atom. The van der Waals surface area contributed by atoms with Gasteiger partial charge in [0.15, 0.2) is 0 Å². The normalized spacial score (nSPS) is 17.1. The highest BCUT2D eigenvalue weighted by molar-refractivity contribution is 4.46. The summed E-state index contributed by atoms with van der Waals surface area (Å²) in [5.74, 6) is 0. The van der Waals surface area contributed by atoms with E-state index in [2.05, 4.69) is 6.92 Å². The van der Waals surface area contributed by atoms with Crippen molar-refractivity contribution in [2.75, 3.05) is 19.6 Å². The van der Waals surface area contributed by atoms with E-state index >= 15 is 0 Å². The van der Waals surface area contributed by atoms with Crippen LogP contribution in [0.3, 0.4) is 0 Å². The minimum Gasteiger partial charge on any atom is -0.512 e. The largest absolute Gasteiger partial charge is 0.512 e. The molecule has 0 unspecified atom stereocenters. The third-order valence-corrected chi connectivity index (χ3v) is 2.94. The molecule has 0 aromatic carbocycles. The molecular weight excluding hydrogens is 172 g/mol. The Kier molecular flexibility index (Phi) is 10.1. The highest BCUT2D eigenvalue weighted by Gasteiger charge is 2.11. The lowest BCUT2D eigenvalue weighted by atomic mass is 10.1. The minimum absolute atomic E-state index is 1.37. The molecule has 1 N–H and O–H groups in total. The molecule has 0 radical (unpaired) electrons. The maximum absolute atomic E-state index is 6.25. The van der Waals surface area contributed by atoms with E-state index in [1.807, 2.05) is 4.90 Å². The predicted molar refractivity (Wildman–Crippen MR) is 58.5 cm³/mol. The molecule has 0 aromatic heterocycles. The smallest absolute Gasteiger partial charge is 0.0770 e. The molecule has 1 saturated heterocycles. The first-order valence-corrected chi connectivity index (χ1v) is 5.99. The summed E-state index contributed by atoms with van der Waals surface area (Å²) in [6.45, 7) is 11.4. The molecule has 0 atom stereocenters. The molecule has 1 aliphatic heterocycles. The minimum atomic E-state index is 1.37. The first-order valence-electron chi connectivity index (χ1n) is 5.99. The summed E-state index contributed by atoms with van der Waals surface area (Å²) in [5.41, 5.74) is 0. The molecule has 0 saturated carbocycles. The molecule has 0 aliphatic carbocycles. The van der Waals surface area contributed by atoms with Crippen LogP contribution in [0.1, 0.15) is 51.9 Å². The van der Waals surface area contributed by atoms with Crippen molar-refractivity contribution < 1.29 is 4.90 Å². The Labute approximate surface area is 88.9 Å². The molecule has 1 rings (SSSR count). The van der Waals surface area contributed by atoms with Crippen molar-refractivity contribution in [1.82, 2.24) is 0 Å². The van der Waals surface area contributed by atoms with Gasteiger partial charge >= 0.3 is 0 Å². The standard InChI is InChI=1S/C11H23N.CN/c1-2-3-4-6-9-12-10-7-5-8-11-12;1-2/h2-11H2,1H3;/q;-1/p+1. The molecule has 0 aromatic rings. The van der Waals surface area contributed by atoms with Gasteiger partial charge in [0.1, 0.15) is 0 Å². The van der Waals surface area contributed by atoms with Gasteiger partial charge in [-0.25, -0.2) is 0 Å². The lowest BCUT2D eigenvalue weighted by Crippen LogP contribution is -3.12. The summed E-state index contributed by atoms with van der Waals surface area (Å²) in [6.07, 6.45) is 10.2. The van der Waals surface area contributed by atoms with Gasteiger partial charge in [0.25, 0.3) is 0 Å². The number of rotatable bonds is 5. The number of hydrogen-bond donors (Lipinski definition) is 1. The second-order valence-electron chi connectivity index (χ2n) is 4.12. The van der Waals surface area contributed by atoms with Gasteiger partial charge in [0, 0.05) is 0 Å². The van der Waals surface area contributed by atoms with Crippen LogP contribution in [0.25, 0.3) is 0 Å². The second-order valence-corrected chi connectivity index (χ2v) is 4.12. The highest BCUT2D eigenvalue weighted by Crippen LogP contribution is 1.98. The summed E-state index contributed by atoms with van der Waals surface area (Å²) >= 11 is 0. The molecule has 2 heteroatoms. The summed E-state index contributed by atoms with van der Waals surface area (Å²) < 4.78 is 0. The van der Waals surface area contributed by atoms with Crippen molar-refractivity contribution in [1.29, 1.82) is 5.26 Å². The Morgan fingerprint density at radius 3 is 2.21 bits per heavy atom. The van der Waals surface area contributed by atoms with Gasteiger partial charge in [0.05, 0.1) is 19.6 Å². The number of unbranched alkanes of at least 4 members (excludes halogenated alkanes) is 3. The van der Waals surface area contributed by atoms with Crippen LogP contribution < -0.4 is 4.90 Å². The van der Waals surface area contributed by atoms with Crippen LogP contribution in [-0.2, 0) is 0 Å². The maximum Gasteiger partial charge on any atom is 0.0770 e. The molecule has 14 heavy (non-hydrogen) atoms. The molecule has 1 fully saturated rings. The van der Waals surface area contributed by atoms with E-state index < -0.39 is 0 Å². The van der Waals surface area contributed by atoms with Gasteiger partial charge < -0.3 is 16.7 Å². The average Bonchev–Trinajstić information content (AvgIpc) is 2.29. The van der Waals surface area contributed by atoms with E-state index in [0.717, 1.165) is 0 Å². The SMILES string of the molecule is CCCCCC[NH+]1CCCCC1.[C-]#N. The maximum atomic E-state index is 6.25. The van der Waals surface area contributed by atoms with Gasteiger partial charge in [-0.1, -0.05) is 19.8 Å². The number of piperidine rings is 1. The second kappa shape index (κ2) is 10.5. The Bertz CT molecular complexity index is 126. The third kappa shape index (κ3) is 6.91. The Morgan fingerprint density at radius 2 is 1.64 bits per heavy atom. The number of nitrogens with zero attached hydrogens (tertiary/aromatic N) is 1. The zero-order valence-electron chi connectivity index (χ0n) is 9.52. The van der Waals surface area contributed by atoms with Crippen LogP contribution >= 0.6 is 0 Å². The van der Waals surface area contributed by atoms with E-state index in [-0.39, 0.29) is 0 Å². The molecule has 0 spiro atoms. The van der Waals surface area contributed by atoms with Gasteiger partial charge in [-0.3, -0.25) is 0 Å². The van der Waals surface area contributed by atoms with Crippen molar-refractivity contribution in [2.24, 2.45) is 0 Å². The molecule has 1 heterocycles. The summed E-state index contributed by atoms with van der Waals surface area (Å²) in [4.78, 5) is 1.87. The number of quaternary nitrogens is 1. The monoisotopic (exact) mass is 196 g/mol. The number of likely N-dealkylation sites (tertiary alicyclic amines) is 1. The molecule has 82 valence electrons. The fourth-order valence-electron chi connectivity index (χ4n) is 2.10. The fraction of sp³-hybridized carbons (Fsp3) is 0.917. The molecule has 2 nitrogen and oxygen atoms in total. The van der Waals surface area contributed by atoms with E-state index in [4.69, 9.17) is 11.8 Å². The quantitative estimate of drug-likeness (QED) is 0.526. The fourth-order valence-corrected chi connectivity index (χ4v) is 2.10. The number of nitrogens with one attached hydrogen (secondary N) is 1. The summed E-state index contributed by atoms with van der Waals surface area (Å²) in [7, 11) is 0. The third-order valence-electron chi connectivity index (χ3n) is 2.94.